The second-order valence-electron chi connectivity index (χ2n) is 7.81. The van der Waals surface area contributed by atoms with Crippen LogP contribution in [0.5, 0.6) is 0 Å². The van der Waals surface area contributed by atoms with E-state index in [1.54, 1.807) is 11.8 Å². The maximum absolute atomic E-state index is 11.4. The zero-order valence-electron chi connectivity index (χ0n) is 17.2. The molecular weight excluding hydrogens is 390 g/mol. The maximum Gasteiger partial charge on any atom is 0.306 e. The van der Waals surface area contributed by atoms with Crippen LogP contribution in [0.3, 0.4) is 0 Å². The molecule has 1 aliphatic heterocycles. The van der Waals surface area contributed by atoms with Crippen LogP contribution < -0.4 is 0 Å². The van der Waals surface area contributed by atoms with Crippen molar-refractivity contribution in [1.29, 1.82) is 0 Å². The van der Waals surface area contributed by atoms with Gasteiger partial charge in [-0.25, -0.2) is 0 Å². The quantitative estimate of drug-likeness (QED) is 0.502. The average Bonchev–Trinajstić information content (AvgIpc) is 2.81. The van der Waals surface area contributed by atoms with Gasteiger partial charge in [0.15, 0.2) is 0 Å². The van der Waals surface area contributed by atoms with Crippen LogP contribution in [0, 0.1) is 5.92 Å². The standard InChI is InChI=1S/C26H27NO2S/c1-30-24-13-11-22(12-14-24)25(27-17-15-23(16-18-27)26(28)29)21-9-7-20(8-10-21)19-5-3-2-4-6-19/h2-14,23,25H,15-18H2,1H3,(H,28,29). The summed E-state index contributed by atoms with van der Waals surface area (Å²) in [6.45, 7) is 1.60. The van der Waals surface area contributed by atoms with Crippen LogP contribution >= 0.6 is 11.8 Å². The third kappa shape index (κ3) is 4.61. The van der Waals surface area contributed by atoms with E-state index in [1.165, 1.54) is 27.1 Å². The Labute approximate surface area is 182 Å². The molecule has 1 unspecified atom stereocenters. The first-order valence-corrected chi connectivity index (χ1v) is 11.6. The average molecular weight is 418 g/mol. The van der Waals surface area contributed by atoms with E-state index >= 15 is 0 Å². The summed E-state index contributed by atoms with van der Waals surface area (Å²) >= 11 is 1.74. The number of carboxylic acids is 1. The molecule has 1 fully saturated rings. The van der Waals surface area contributed by atoms with Crippen molar-refractivity contribution >= 4 is 17.7 Å². The number of hydrogen-bond acceptors (Lipinski definition) is 3. The van der Waals surface area contributed by atoms with Crippen molar-refractivity contribution in [2.24, 2.45) is 5.92 Å². The van der Waals surface area contributed by atoms with E-state index in [2.05, 4.69) is 84.0 Å². The molecule has 0 bridgehead atoms. The number of hydrogen-bond donors (Lipinski definition) is 1. The zero-order chi connectivity index (χ0) is 20.9. The molecule has 0 aromatic heterocycles. The van der Waals surface area contributed by atoms with E-state index in [9.17, 15) is 9.90 Å². The number of likely N-dealkylation sites (tertiary alicyclic amines) is 1. The SMILES string of the molecule is CSc1ccc(C(c2ccc(-c3ccccc3)cc2)N2CCC(C(=O)O)CC2)cc1. The summed E-state index contributed by atoms with van der Waals surface area (Å²) in [5, 5.41) is 9.37. The molecule has 1 heterocycles. The molecule has 0 aliphatic carbocycles. The number of carbonyl (C=O) groups is 1. The monoisotopic (exact) mass is 417 g/mol. The first-order valence-electron chi connectivity index (χ1n) is 10.4. The van der Waals surface area contributed by atoms with Gasteiger partial charge in [-0.1, -0.05) is 66.7 Å². The van der Waals surface area contributed by atoms with Gasteiger partial charge in [-0.3, -0.25) is 9.69 Å². The van der Waals surface area contributed by atoms with E-state index in [4.69, 9.17) is 0 Å². The summed E-state index contributed by atoms with van der Waals surface area (Å²) in [4.78, 5) is 15.1. The number of carboxylic acid groups (broad SMARTS) is 1. The van der Waals surface area contributed by atoms with Crippen molar-refractivity contribution in [2.75, 3.05) is 19.3 Å². The normalized spacial score (nSPS) is 16.3. The van der Waals surface area contributed by atoms with Gasteiger partial charge >= 0.3 is 5.97 Å². The molecule has 4 rings (SSSR count). The molecular formula is C26H27NO2S. The van der Waals surface area contributed by atoms with Crippen molar-refractivity contribution in [3.63, 3.8) is 0 Å². The molecule has 3 nitrogen and oxygen atoms in total. The second kappa shape index (κ2) is 9.50. The zero-order valence-corrected chi connectivity index (χ0v) is 18.0. The van der Waals surface area contributed by atoms with Crippen molar-refractivity contribution in [2.45, 2.75) is 23.8 Å². The second-order valence-corrected chi connectivity index (χ2v) is 8.69. The Hall–Kier alpha value is -2.56. The minimum absolute atomic E-state index is 0.139. The summed E-state index contributed by atoms with van der Waals surface area (Å²) in [5.41, 5.74) is 4.93. The number of rotatable bonds is 6. The summed E-state index contributed by atoms with van der Waals surface area (Å²) in [5.74, 6) is -0.885. The summed E-state index contributed by atoms with van der Waals surface area (Å²) < 4.78 is 0. The van der Waals surface area contributed by atoms with E-state index in [-0.39, 0.29) is 12.0 Å². The first-order chi connectivity index (χ1) is 14.7. The van der Waals surface area contributed by atoms with Crippen molar-refractivity contribution in [3.8, 4) is 11.1 Å². The van der Waals surface area contributed by atoms with Crippen molar-refractivity contribution in [1.82, 2.24) is 4.90 Å². The van der Waals surface area contributed by atoms with Crippen LogP contribution in [0.1, 0.15) is 30.0 Å². The number of thioether (sulfide) groups is 1. The molecule has 1 saturated heterocycles. The molecule has 0 amide bonds. The predicted molar refractivity (Wildman–Crippen MR) is 124 cm³/mol. The van der Waals surface area contributed by atoms with Crippen LogP contribution in [-0.2, 0) is 4.79 Å². The van der Waals surface area contributed by atoms with E-state index in [0.29, 0.717) is 12.8 Å². The Bertz CT molecular complexity index is 962. The summed E-state index contributed by atoms with van der Waals surface area (Å²) in [7, 11) is 0. The molecule has 0 saturated carbocycles. The van der Waals surface area contributed by atoms with E-state index < -0.39 is 5.97 Å². The predicted octanol–water partition coefficient (Wildman–Crippen LogP) is 5.96. The van der Waals surface area contributed by atoms with E-state index in [0.717, 1.165) is 13.1 Å². The highest BCUT2D eigenvalue weighted by molar-refractivity contribution is 7.98. The van der Waals surface area contributed by atoms with Gasteiger partial charge in [0.25, 0.3) is 0 Å². The molecule has 1 N–H and O–H groups in total. The van der Waals surface area contributed by atoms with Crippen LogP contribution in [0.15, 0.2) is 83.8 Å². The summed E-state index contributed by atoms with van der Waals surface area (Å²) in [6.07, 6.45) is 3.50. The third-order valence-electron chi connectivity index (χ3n) is 6.01. The molecule has 30 heavy (non-hydrogen) atoms. The fraction of sp³-hybridized carbons (Fsp3) is 0.269. The third-order valence-corrected chi connectivity index (χ3v) is 6.75. The highest BCUT2D eigenvalue weighted by Crippen LogP contribution is 2.34. The van der Waals surface area contributed by atoms with E-state index in [1.807, 2.05) is 6.07 Å². The minimum atomic E-state index is -0.664. The number of aliphatic carboxylic acids is 1. The minimum Gasteiger partial charge on any atom is -0.481 e. The highest BCUT2D eigenvalue weighted by Gasteiger charge is 2.30. The largest absolute Gasteiger partial charge is 0.481 e. The molecule has 3 aromatic carbocycles. The van der Waals surface area contributed by atoms with Gasteiger partial charge in [-0.2, -0.15) is 0 Å². The van der Waals surface area contributed by atoms with Crippen molar-refractivity contribution in [3.05, 3.63) is 90.0 Å². The number of nitrogens with zero attached hydrogens (tertiary/aromatic N) is 1. The lowest BCUT2D eigenvalue weighted by atomic mass is 9.90. The van der Waals surface area contributed by atoms with Crippen LogP contribution in [0.4, 0.5) is 0 Å². The van der Waals surface area contributed by atoms with Crippen LogP contribution in [0.2, 0.25) is 0 Å². The van der Waals surface area contributed by atoms with Gasteiger partial charge in [-0.15, -0.1) is 11.8 Å². The molecule has 0 spiro atoms. The Morgan fingerprint density at radius 3 is 1.93 bits per heavy atom. The Kier molecular flexibility index (Phi) is 6.56. The maximum atomic E-state index is 11.4. The van der Waals surface area contributed by atoms with Gasteiger partial charge in [0, 0.05) is 4.90 Å². The summed E-state index contributed by atoms with van der Waals surface area (Å²) in [6, 6.07) is 28.2. The van der Waals surface area contributed by atoms with Gasteiger partial charge in [0.2, 0.25) is 0 Å². The topological polar surface area (TPSA) is 40.5 Å². The molecule has 3 aromatic rings. The Morgan fingerprint density at radius 1 is 0.867 bits per heavy atom. The first kappa shape index (κ1) is 20.7. The van der Waals surface area contributed by atoms with Crippen molar-refractivity contribution < 1.29 is 9.90 Å². The fourth-order valence-electron chi connectivity index (χ4n) is 4.29. The van der Waals surface area contributed by atoms with Gasteiger partial charge in [0.05, 0.1) is 12.0 Å². The Balaban J connectivity index is 1.64. The molecule has 1 aliphatic rings. The van der Waals surface area contributed by atoms with Gasteiger partial charge < -0.3 is 5.11 Å². The van der Waals surface area contributed by atoms with Crippen LogP contribution in [0.25, 0.3) is 11.1 Å². The lowest BCUT2D eigenvalue weighted by molar-refractivity contribution is -0.143. The highest BCUT2D eigenvalue weighted by atomic mass is 32.2. The molecule has 154 valence electrons. The molecule has 4 heteroatoms. The fourth-order valence-corrected chi connectivity index (χ4v) is 4.70. The lowest BCUT2D eigenvalue weighted by Gasteiger charge is -2.37. The molecule has 0 radical (unpaired) electrons. The number of benzene rings is 3. The van der Waals surface area contributed by atoms with Crippen LogP contribution in [-0.4, -0.2) is 35.3 Å². The smallest absolute Gasteiger partial charge is 0.306 e. The molecule has 1 atom stereocenters. The Morgan fingerprint density at radius 2 is 1.40 bits per heavy atom. The van der Waals surface area contributed by atoms with Gasteiger partial charge in [-0.05, 0) is 66.6 Å². The number of piperidine rings is 1. The van der Waals surface area contributed by atoms with Gasteiger partial charge in [0.1, 0.15) is 0 Å². The lowest BCUT2D eigenvalue weighted by Crippen LogP contribution is -2.39.